The van der Waals surface area contributed by atoms with Crippen molar-refractivity contribution in [2.45, 2.75) is 6.54 Å². The van der Waals surface area contributed by atoms with Crippen LogP contribution in [0, 0.1) is 0 Å². The molecule has 13 heavy (non-hydrogen) atoms. The van der Waals surface area contributed by atoms with Crippen molar-refractivity contribution < 1.29 is 14.4 Å². The molecule has 0 aliphatic carbocycles. The molecule has 0 aromatic carbocycles. The lowest BCUT2D eigenvalue weighted by atomic mass is 10.5. The molecule has 0 spiro atoms. The SMILES string of the molecule is OCCOCCNCc1ncon1. The van der Waals surface area contributed by atoms with Crippen LogP contribution in [0.5, 0.6) is 0 Å². The standard InChI is InChI=1S/C7H13N3O3/c11-2-4-12-3-1-8-5-7-9-6-13-10-7/h6,8,11H,1-5H2. The Morgan fingerprint density at radius 1 is 1.54 bits per heavy atom. The van der Waals surface area contributed by atoms with Crippen LogP contribution in [0.1, 0.15) is 5.82 Å². The molecule has 0 bridgehead atoms. The molecule has 0 saturated carbocycles. The lowest BCUT2D eigenvalue weighted by Crippen LogP contribution is -2.20. The maximum Gasteiger partial charge on any atom is 0.213 e. The van der Waals surface area contributed by atoms with Crippen molar-refractivity contribution in [1.29, 1.82) is 0 Å². The fraction of sp³-hybridized carbons (Fsp3) is 0.714. The van der Waals surface area contributed by atoms with Crippen molar-refractivity contribution >= 4 is 0 Å². The summed E-state index contributed by atoms with van der Waals surface area (Å²) in [6.07, 6.45) is 1.29. The Kier molecular flexibility index (Phi) is 5.07. The van der Waals surface area contributed by atoms with Crippen molar-refractivity contribution in [3.05, 3.63) is 12.2 Å². The number of ether oxygens (including phenoxy) is 1. The molecule has 2 N–H and O–H groups in total. The first-order chi connectivity index (χ1) is 6.43. The molecule has 0 saturated heterocycles. The molecule has 0 radical (unpaired) electrons. The van der Waals surface area contributed by atoms with Crippen molar-refractivity contribution in [3.8, 4) is 0 Å². The summed E-state index contributed by atoms with van der Waals surface area (Å²) in [5.74, 6) is 0.627. The van der Waals surface area contributed by atoms with Gasteiger partial charge in [0.2, 0.25) is 6.39 Å². The van der Waals surface area contributed by atoms with E-state index < -0.39 is 0 Å². The minimum atomic E-state index is 0.0604. The van der Waals surface area contributed by atoms with Crippen LogP contribution in [0.3, 0.4) is 0 Å². The highest BCUT2D eigenvalue weighted by Crippen LogP contribution is 1.85. The van der Waals surface area contributed by atoms with Gasteiger partial charge in [-0.2, -0.15) is 4.98 Å². The van der Waals surface area contributed by atoms with Gasteiger partial charge in [-0.05, 0) is 0 Å². The molecule has 6 heteroatoms. The zero-order chi connectivity index (χ0) is 9.36. The second-order valence-corrected chi connectivity index (χ2v) is 2.36. The highest BCUT2D eigenvalue weighted by atomic mass is 16.5. The molecule has 0 amide bonds. The molecule has 1 aromatic heterocycles. The average Bonchev–Trinajstić information content (AvgIpc) is 2.63. The molecular formula is C7H13N3O3. The number of nitrogens with one attached hydrogen (secondary N) is 1. The maximum absolute atomic E-state index is 8.40. The van der Waals surface area contributed by atoms with Crippen LogP contribution in [0.2, 0.25) is 0 Å². The quantitative estimate of drug-likeness (QED) is 0.542. The fourth-order valence-electron chi connectivity index (χ4n) is 0.781. The Bertz CT molecular complexity index is 203. The molecule has 1 aromatic rings. The van der Waals surface area contributed by atoms with Gasteiger partial charge in [0.05, 0.1) is 26.4 Å². The van der Waals surface area contributed by atoms with Crippen LogP contribution in [0.4, 0.5) is 0 Å². The highest BCUT2D eigenvalue weighted by Gasteiger charge is 1.95. The van der Waals surface area contributed by atoms with Gasteiger partial charge in [0.1, 0.15) is 0 Å². The molecule has 0 aliphatic heterocycles. The summed E-state index contributed by atoms with van der Waals surface area (Å²) in [7, 11) is 0. The van der Waals surface area contributed by atoms with Crippen LogP contribution in [-0.4, -0.2) is 41.6 Å². The van der Waals surface area contributed by atoms with Gasteiger partial charge in [-0.3, -0.25) is 0 Å². The monoisotopic (exact) mass is 187 g/mol. The number of hydrogen-bond acceptors (Lipinski definition) is 6. The van der Waals surface area contributed by atoms with Gasteiger partial charge >= 0.3 is 0 Å². The highest BCUT2D eigenvalue weighted by molar-refractivity contribution is 4.75. The second kappa shape index (κ2) is 6.53. The first-order valence-corrected chi connectivity index (χ1v) is 4.08. The van der Waals surface area contributed by atoms with Gasteiger partial charge in [0, 0.05) is 6.54 Å². The maximum atomic E-state index is 8.40. The average molecular weight is 187 g/mol. The Hall–Kier alpha value is -0.980. The van der Waals surface area contributed by atoms with Crippen LogP contribution >= 0.6 is 0 Å². The Balaban J connectivity index is 1.90. The third-order valence-electron chi connectivity index (χ3n) is 1.35. The van der Waals surface area contributed by atoms with E-state index in [4.69, 9.17) is 9.84 Å². The van der Waals surface area contributed by atoms with Gasteiger partial charge < -0.3 is 19.7 Å². The van der Waals surface area contributed by atoms with E-state index in [1.54, 1.807) is 0 Å². The predicted molar refractivity (Wildman–Crippen MR) is 43.9 cm³/mol. The molecule has 0 fully saturated rings. The number of rotatable bonds is 7. The molecular weight excluding hydrogens is 174 g/mol. The van der Waals surface area contributed by atoms with E-state index in [1.807, 2.05) is 0 Å². The van der Waals surface area contributed by atoms with Gasteiger partial charge in [0.25, 0.3) is 0 Å². The van der Waals surface area contributed by atoms with E-state index >= 15 is 0 Å². The molecule has 0 unspecified atom stereocenters. The lowest BCUT2D eigenvalue weighted by Gasteiger charge is -2.02. The number of hydrogen-bond donors (Lipinski definition) is 2. The zero-order valence-electron chi connectivity index (χ0n) is 7.27. The van der Waals surface area contributed by atoms with E-state index in [2.05, 4.69) is 20.0 Å². The normalized spacial score (nSPS) is 10.5. The van der Waals surface area contributed by atoms with Gasteiger partial charge in [-0.15, -0.1) is 0 Å². The Morgan fingerprint density at radius 3 is 3.15 bits per heavy atom. The van der Waals surface area contributed by atoms with Crippen LogP contribution < -0.4 is 5.32 Å². The smallest absolute Gasteiger partial charge is 0.213 e. The Labute approximate surface area is 75.9 Å². The molecule has 74 valence electrons. The molecule has 0 atom stereocenters. The van der Waals surface area contributed by atoms with Gasteiger partial charge in [0.15, 0.2) is 5.82 Å². The molecule has 1 heterocycles. The first-order valence-electron chi connectivity index (χ1n) is 4.08. The van der Waals surface area contributed by atoms with Gasteiger partial charge in [-0.1, -0.05) is 5.16 Å². The summed E-state index contributed by atoms with van der Waals surface area (Å²) in [5, 5.41) is 15.1. The third-order valence-corrected chi connectivity index (χ3v) is 1.35. The second-order valence-electron chi connectivity index (χ2n) is 2.36. The van der Waals surface area contributed by atoms with E-state index in [0.717, 1.165) is 0 Å². The van der Waals surface area contributed by atoms with Crippen LogP contribution in [-0.2, 0) is 11.3 Å². The third kappa shape index (κ3) is 4.56. The zero-order valence-corrected chi connectivity index (χ0v) is 7.27. The lowest BCUT2D eigenvalue weighted by molar-refractivity contribution is 0.0937. The largest absolute Gasteiger partial charge is 0.394 e. The summed E-state index contributed by atoms with van der Waals surface area (Å²) in [5.41, 5.74) is 0. The summed E-state index contributed by atoms with van der Waals surface area (Å²) in [6, 6.07) is 0. The molecule has 1 rings (SSSR count). The van der Waals surface area contributed by atoms with Crippen molar-refractivity contribution in [2.24, 2.45) is 0 Å². The summed E-state index contributed by atoms with van der Waals surface area (Å²) < 4.78 is 9.57. The van der Waals surface area contributed by atoms with Gasteiger partial charge in [-0.25, -0.2) is 0 Å². The first kappa shape index (κ1) is 10.1. The van der Waals surface area contributed by atoms with Crippen LogP contribution in [0.25, 0.3) is 0 Å². The number of aliphatic hydroxyl groups is 1. The van der Waals surface area contributed by atoms with E-state index in [-0.39, 0.29) is 6.61 Å². The number of nitrogens with zero attached hydrogens (tertiary/aromatic N) is 2. The van der Waals surface area contributed by atoms with Crippen molar-refractivity contribution in [3.63, 3.8) is 0 Å². The van der Waals surface area contributed by atoms with Crippen molar-refractivity contribution in [2.75, 3.05) is 26.4 Å². The van der Waals surface area contributed by atoms with E-state index in [9.17, 15) is 0 Å². The van der Waals surface area contributed by atoms with Crippen molar-refractivity contribution in [1.82, 2.24) is 15.5 Å². The summed E-state index contributed by atoms with van der Waals surface area (Å²) in [6.45, 7) is 2.28. The predicted octanol–water partition coefficient (Wildman–Crippen LogP) is -0.832. The number of aliphatic hydroxyl groups excluding tert-OH is 1. The summed E-state index contributed by atoms with van der Waals surface area (Å²) in [4.78, 5) is 3.83. The molecule has 6 nitrogen and oxygen atoms in total. The minimum Gasteiger partial charge on any atom is -0.394 e. The number of aromatic nitrogens is 2. The molecule has 0 aliphatic rings. The minimum absolute atomic E-state index is 0.0604. The topological polar surface area (TPSA) is 80.4 Å². The Morgan fingerprint density at radius 2 is 2.46 bits per heavy atom. The summed E-state index contributed by atoms with van der Waals surface area (Å²) >= 11 is 0. The fourth-order valence-corrected chi connectivity index (χ4v) is 0.781. The van der Waals surface area contributed by atoms with Crippen LogP contribution in [0.15, 0.2) is 10.9 Å². The van der Waals surface area contributed by atoms with E-state index in [1.165, 1.54) is 6.39 Å². The van der Waals surface area contributed by atoms with E-state index in [0.29, 0.717) is 32.1 Å².